The number of carboxylic acids is 4. The summed E-state index contributed by atoms with van der Waals surface area (Å²) in [5.74, 6) is -7.65. The van der Waals surface area contributed by atoms with Gasteiger partial charge < -0.3 is 25.4 Å². The highest BCUT2D eigenvalue weighted by Crippen LogP contribution is 2.30. The number of pyridine rings is 1. The van der Waals surface area contributed by atoms with Crippen LogP contribution >= 0.6 is 0 Å². The van der Waals surface area contributed by atoms with Crippen LogP contribution in [0.5, 0.6) is 0 Å². The summed E-state index contributed by atoms with van der Waals surface area (Å²) in [6, 6.07) is 5.75. The molecule has 0 spiro atoms. The number of carboxylic acid groups (broad SMARTS) is 4. The quantitative estimate of drug-likeness (QED) is 0.424. The van der Waals surface area contributed by atoms with E-state index in [9.17, 15) is 44.4 Å². The second kappa shape index (κ2) is 5.95. The first-order valence-corrected chi connectivity index (χ1v) is 7.24. The molecule has 0 saturated heterocycles. The van der Waals surface area contributed by atoms with Crippen LogP contribution in [0.15, 0.2) is 29.1 Å². The average Bonchev–Trinajstić information content (AvgIpc) is 2.59. The Morgan fingerprint density at radius 1 is 0.704 bits per heavy atom. The van der Waals surface area contributed by atoms with Gasteiger partial charge in [0.05, 0.1) is 33.2 Å². The number of hydrogen-bond donors (Lipinski definition) is 5. The zero-order chi connectivity index (χ0) is 20.0. The molecule has 3 rings (SSSR count). The highest BCUT2D eigenvalue weighted by molar-refractivity contribution is 6.23. The fourth-order valence-electron chi connectivity index (χ4n) is 3.02. The smallest absolute Gasteiger partial charge is 0.338 e. The van der Waals surface area contributed by atoms with Gasteiger partial charge in [0.1, 0.15) is 0 Å². The van der Waals surface area contributed by atoms with Gasteiger partial charge in [0.25, 0.3) is 0 Å². The standard InChI is InChI=1S/C17H9NO9/c19-13-5-3-1-2-4-6(5)18-12-10(13)8(15(22)23)7(14(20)21)9(16(24)25)11(12)17(26)27/h1-4H,(H,18,19)(H,20,21)(H,22,23)(H,24,25)(H,26,27). The summed E-state index contributed by atoms with van der Waals surface area (Å²) >= 11 is 0. The fraction of sp³-hybridized carbons (Fsp3) is 0. The molecule has 1 aromatic heterocycles. The summed E-state index contributed by atoms with van der Waals surface area (Å²) in [7, 11) is 0. The van der Waals surface area contributed by atoms with E-state index in [1.807, 2.05) is 0 Å². The summed E-state index contributed by atoms with van der Waals surface area (Å²) in [5.41, 5.74) is -5.99. The van der Waals surface area contributed by atoms with Crippen molar-refractivity contribution in [2.24, 2.45) is 0 Å². The Balaban J connectivity index is 2.84. The minimum Gasteiger partial charge on any atom is -0.478 e. The van der Waals surface area contributed by atoms with Crippen molar-refractivity contribution in [1.82, 2.24) is 4.98 Å². The van der Waals surface area contributed by atoms with Gasteiger partial charge in [-0.05, 0) is 12.1 Å². The summed E-state index contributed by atoms with van der Waals surface area (Å²) in [4.78, 5) is 62.0. The zero-order valence-corrected chi connectivity index (χ0v) is 13.1. The molecule has 136 valence electrons. The van der Waals surface area contributed by atoms with Crippen LogP contribution < -0.4 is 5.43 Å². The van der Waals surface area contributed by atoms with Gasteiger partial charge in [-0.2, -0.15) is 0 Å². The van der Waals surface area contributed by atoms with E-state index in [4.69, 9.17) is 0 Å². The molecule has 0 aliphatic rings. The Hall–Kier alpha value is -4.21. The first-order valence-electron chi connectivity index (χ1n) is 7.24. The summed E-state index contributed by atoms with van der Waals surface area (Å²) in [6.45, 7) is 0. The second-order valence-electron chi connectivity index (χ2n) is 5.47. The van der Waals surface area contributed by atoms with E-state index < -0.39 is 62.5 Å². The first kappa shape index (κ1) is 17.6. The van der Waals surface area contributed by atoms with Crippen molar-refractivity contribution in [3.8, 4) is 0 Å². The van der Waals surface area contributed by atoms with E-state index in [0.717, 1.165) is 0 Å². The van der Waals surface area contributed by atoms with Gasteiger partial charge in [0, 0.05) is 10.9 Å². The van der Waals surface area contributed by atoms with E-state index in [0.29, 0.717) is 0 Å². The van der Waals surface area contributed by atoms with E-state index in [-0.39, 0.29) is 10.9 Å². The predicted octanol–water partition coefficient (Wildman–Crippen LogP) is 1.47. The number of aromatic amines is 1. The zero-order valence-electron chi connectivity index (χ0n) is 13.1. The second-order valence-corrected chi connectivity index (χ2v) is 5.47. The molecule has 0 saturated carbocycles. The van der Waals surface area contributed by atoms with Crippen molar-refractivity contribution in [1.29, 1.82) is 0 Å². The molecule has 0 aliphatic heterocycles. The lowest BCUT2D eigenvalue weighted by atomic mass is 9.90. The molecular weight excluding hydrogens is 362 g/mol. The van der Waals surface area contributed by atoms with Crippen LogP contribution in [0.4, 0.5) is 0 Å². The number of H-pyrrole nitrogens is 1. The molecule has 0 amide bonds. The number of fused-ring (bicyclic) bond motifs is 2. The lowest BCUT2D eigenvalue weighted by molar-refractivity contribution is 0.0621. The Kier molecular flexibility index (Phi) is 3.88. The molecule has 5 N–H and O–H groups in total. The molecule has 1 heterocycles. The minimum atomic E-state index is -1.98. The lowest BCUT2D eigenvalue weighted by Gasteiger charge is -2.14. The van der Waals surface area contributed by atoms with Gasteiger partial charge in [-0.1, -0.05) is 12.1 Å². The number of hydrogen-bond acceptors (Lipinski definition) is 5. The SMILES string of the molecule is O=C(O)c1c(C(=O)O)c(C(=O)O)c2c(=O)c3ccccc3[nH]c2c1C(=O)O. The van der Waals surface area contributed by atoms with Gasteiger partial charge in [0.2, 0.25) is 0 Å². The number of benzene rings is 2. The van der Waals surface area contributed by atoms with E-state index in [1.165, 1.54) is 24.3 Å². The lowest BCUT2D eigenvalue weighted by Crippen LogP contribution is -2.23. The number of aromatic nitrogens is 1. The number of nitrogens with one attached hydrogen (secondary N) is 1. The molecule has 27 heavy (non-hydrogen) atoms. The summed E-state index contributed by atoms with van der Waals surface area (Å²) in [6.07, 6.45) is 0. The molecule has 10 heteroatoms. The van der Waals surface area contributed by atoms with Crippen LogP contribution in [0.1, 0.15) is 41.4 Å². The molecule has 3 aromatic rings. The van der Waals surface area contributed by atoms with Gasteiger partial charge in [-0.25, -0.2) is 19.2 Å². The molecule has 0 atom stereocenters. The average molecular weight is 371 g/mol. The monoisotopic (exact) mass is 371 g/mol. The van der Waals surface area contributed by atoms with E-state index in [2.05, 4.69) is 4.98 Å². The maximum absolute atomic E-state index is 12.8. The van der Waals surface area contributed by atoms with Crippen LogP contribution in [-0.4, -0.2) is 49.3 Å². The Bertz CT molecular complexity index is 1250. The van der Waals surface area contributed by atoms with Crippen molar-refractivity contribution < 1.29 is 39.6 Å². The van der Waals surface area contributed by atoms with Crippen molar-refractivity contribution in [3.05, 3.63) is 56.7 Å². The Labute approximate surface area is 147 Å². The Morgan fingerprint density at radius 2 is 1.19 bits per heavy atom. The molecule has 10 nitrogen and oxygen atoms in total. The van der Waals surface area contributed by atoms with Crippen molar-refractivity contribution in [2.45, 2.75) is 0 Å². The largest absolute Gasteiger partial charge is 0.478 e. The number of aromatic carboxylic acids is 4. The topological polar surface area (TPSA) is 182 Å². The molecular formula is C17H9NO9. The minimum absolute atomic E-state index is 0.0109. The van der Waals surface area contributed by atoms with Crippen LogP contribution in [-0.2, 0) is 0 Å². The summed E-state index contributed by atoms with van der Waals surface area (Å²) < 4.78 is 0. The molecule has 0 radical (unpaired) electrons. The third kappa shape index (κ3) is 2.47. The third-order valence-electron chi connectivity index (χ3n) is 4.01. The van der Waals surface area contributed by atoms with Gasteiger partial charge in [-0.3, -0.25) is 4.79 Å². The van der Waals surface area contributed by atoms with Crippen LogP contribution in [0, 0.1) is 0 Å². The highest BCUT2D eigenvalue weighted by atomic mass is 16.4. The maximum atomic E-state index is 12.8. The fourth-order valence-corrected chi connectivity index (χ4v) is 3.02. The first-order chi connectivity index (χ1) is 12.7. The molecule has 0 unspecified atom stereocenters. The van der Waals surface area contributed by atoms with Crippen LogP contribution in [0.3, 0.4) is 0 Å². The highest BCUT2D eigenvalue weighted by Gasteiger charge is 2.35. The van der Waals surface area contributed by atoms with E-state index in [1.54, 1.807) is 0 Å². The van der Waals surface area contributed by atoms with Gasteiger partial charge in [0.15, 0.2) is 5.43 Å². The van der Waals surface area contributed by atoms with Crippen LogP contribution in [0.25, 0.3) is 21.8 Å². The molecule has 0 aliphatic carbocycles. The maximum Gasteiger partial charge on any atom is 0.338 e. The van der Waals surface area contributed by atoms with Gasteiger partial charge in [-0.15, -0.1) is 0 Å². The summed E-state index contributed by atoms with van der Waals surface area (Å²) in [5, 5.41) is 37.0. The molecule has 0 fully saturated rings. The number of carbonyl (C=O) groups is 4. The predicted molar refractivity (Wildman–Crippen MR) is 89.9 cm³/mol. The van der Waals surface area contributed by atoms with Crippen molar-refractivity contribution >= 4 is 45.7 Å². The van der Waals surface area contributed by atoms with Crippen molar-refractivity contribution in [3.63, 3.8) is 0 Å². The number of rotatable bonds is 4. The van der Waals surface area contributed by atoms with E-state index >= 15 is 0 Å². The molecule has 0 bridgehead atoms. The van der Waals surface area contributed by atoms with Crippen molar-refractivity contribution in [2.75, 3.05) is 0 Å². The Morgan fingerprint density at radius 3 is 1.70 bits per heavy atom. The van der Waals surface area contributed by atoms with Crippen LogP contribution in [0.2, 0.25) is 0 Å². The molecule has 2 aromatic carbocycles. The normalized spacial score (nSPS) is 10.8. The van der Waals surface area contributed by atoms with Gasteiger partial charge >= 0.3 is 23.9 Å². The third-order valence-corrected chi connectivity index (χ3v) is 4.01. The number of para-hydroxylation sites is 1.